The average Bonchev–Trinajstić information content (AvgIpc) is 3.08. The predicted molar refractivity (Wildman–Crippen MR) is 104 cm³/mol. The first-order chi connectivity index (χ1) is 14.4. The Bertz CT molecular complexity index is 1150. The molecule has 2 aromatic carbocycles. The highest BCUT2D eigenvalue weighted by atomic mass is 19.2. The van der Waals surface area contributed by atoms with E-state index in [2.05, 4.69) is 4.98 Å². The van der Waals surface area contributed by atoms with Crippen LogP contribution in [0, 0.1) is 17.5 Å². The van der Waals surface area contributed by atoms with E-state index in [9.17, 15) is 18.0 Å². The Balaban J connectivity index is 1.38. The summed E-state index contributed by atoms with van der Waals surface area (Å²) in [5.74, 6) is -1.89. The van der Waals surface area contributed by atoms with Crippen molar-refractivity contribution in [2.45, 2.75) is 13.0 Å². The van der Waals surface area contributed by atoms with Crippen molar-refractivity contribution in [3.8, 4) is 17.4 Å². The van der Waals surface area contributed by atoms with Gasteiger partial charge in [0.2, 0.25) is 5.88 Å². The molecule has 0 fully saturated rings. The second kappa shape index (κ2) is 8.10. The molecule has 3 aromatic rings. The van der Waals surface area contributed by atoms with Crippen molar-refractivity contribution in [2.24, 2.45) is 0 Å². The summed E-state index contributed by atoms with van der Waals surface area (Å²) in [6.45, 7) is 1.53. The quantitative estimate of drug-likeness (QED) is 0.614. The molecule has 0 saturated carbocycles. The van der Waals surface area contributed by atoms with Crippen LogP contribution in [0.1, 0.15) is 5.56 Å². The highest BCUT2D eigenvalue weighted by molar-refractivity contribution is 5.44. The van der Waals surface area contributed by atoms with Gasteiger partial charge in [-0.25, -0.2) is 18.0 Å². The standard InChI is InChI=1S/C21H18F3N3O3/c1-26-7-8-27-20(26)12-19(25-21(27)28)29-9-6-13-2-5-18(17(24)10-13)30-14-3-4-15(22)16(23)11-14/h2-5,10-12H,6-9H2,1H3. The minimum atomic E-state index is -1.08. The molecule has 30 heavy (non-hydrogen) atoms. The fourth-order valence-electron chi connectivity index (χ4n) is 3.16. The summed E-state index contributed by atoms with van der Waals surface area (Å²) in [5.41, 5.74) is 0.275. The van der Waals surface area contributed by atoms with Gasteiger partial charge in [0.15, 0.2) is 23.2 Å². The van der Waals surface area contributed by atoms with Crippen LogP contribution in [0.25, 0.3) is 0 Å². The average molecular weight is 417 g/mol. The van der Waals surface area contributed by atoms with E-state index in [0.717, 1.165) is 24.5 Å². The summed E-state index contributed by atoms with van der Waals surface area (Å²) in [7, 11) is 1.88. The van der Waals surface area contributed by atoms with Gasteiger partial charge in [-0.2, -0.15) is 4.98 Å². The third kappa shape index (κ3) is 4.10. The van der Waals surface area contributed by atoms with Crippen molar-refractivity contribution in [3.63, 3.8) is 0 Å². The van der Waals surface area contributed by atoms with E-state index in [1.54, 1.807) is 16.7 Å². The maximum absolute atomic E-state index is 14.3. The number of aromatic nitrogens is 2. The van der Waals surface area contributed by atoms with E-state index < -0.39 is 17.5 Å². The lowest BCUT2D eigenvalue weighted by Gasteiger charge is -2.12. The Morgan fingerprint density at radius 2 is 1.83 bits per heavy atom. The van der Waals surface area contributed by atoms with Gasteiger partial charge in [-0.05, 0) is 29.8 Å². The van der Waals surface area contributed by atoms with Crippen LogP contribution in [0.15, 0.2) is 47.3 Å². The maximum atomic E-state index is 14.3. The number of hydrogen-bond donors (Lipinski definition) is 0. The smallest absolute Gasteiger partial charge is 0.352 e. The van der Waals surface area contributed by atoms with Gasteiger partial charge in [-0.3, -0.25) is 4.57 Å². The molecule has 1 aliphatic heterocycles. The van der Waals surface area contributed by atoms with Crippen LogP contribution < -0.4 is 20.1 Å². The monoisotopic (exact) mass is 417 g/mol. The molecular weight excluding hydrogens is 399 g/mol. The number of likely N-dealkylation sites (N-methyl/N-ethyl adjacent to an activating group) is 1. The molecule has 6 nitrogen and oxygen atoms in total. The largest absolute Gasteiger partial charge is 0.477 e. The first-order valence-electron chi connectivity index (χ1n) is 9.28. The van der Waals surface area contributed by atoms with Gasteiger partial charge in [-0.15, -0.1) is 0 Å². The molecule has 1 aromatic heterocycles. The summed E-state index contributed by atoms with van der Waals surface area (Å²) in [4.78, 5) is 17.9. The molecule has 0 saturated heterocycles. The Kier molecular flexibility index (Phi) is 5.35. The van der Waals surface area contributed by atoms with Crippen LogP contribution in [0.3, 0.4) is 0 Å². The van der Waals surface area contributed by atoms with E-state index >= 15 is 0 Å². The second-order valence-corrected chi connectivity index (χ2v) is 6.85. The number of rotatable bonds is 6. The van der Waals surface area contributed by atoms with Gasteiger partial charge in [0.05, 0.1) is 6.61 Å². The van der Waals surface area contributed by atoms with Crippen LogP contribution >= 0.6 is 0 Å². The first-order valence-corrected chi connectivity index (χ1v) is 9.28. The molecule has 2 heterocycles. The third-order valence-corrected chi connectivity index (χ3v) is 4.77. The lowest BCUT2D eigenvalue weighted by molar-refractivity contribution is 0.307. The number of halogens is 3. The zero-order valence-electron chi connectivity index (χ0n) is 16.1. The number of ether oxygens (including phenoxy) is 2. The van der Waals surface area contributed by atoms with Gasteiger partial charge in [0.25, 0.3) is 0 Å². The van der Waals surface area contributed by atoms with Crippen LogP contribution in [0.4, 0.5) is 19.0 Å². The zero-order chi connectivity index (χ0) is 21.3. The Morgan fingerprint density at radius 3 is 2.60 bits per heavy atom. The second-order valence-electron chi connectivity index (χ2n) is 6.85. The van der Waals surface area contributed by atoms with Gasteiger partial charge in [0, 0.05) is 38.7 Å². The third-order valence-electron chi connectivity index (χ3n) is 4.77. The van der Waals surface area contributed by atoms with E-state index in [1.807, 2.05) is 11.9 Å². The molecule has 0 N–H and O–H groups in total. The fraction of sp³-hybridized carbons (Fsp3) is 0.238. The van der Waals surface area contributed by atoms with Crippen molar-refractivity contribution < 1.29 is 22.6 Å². The predicted octanol–water partition coefficient (Wildman–Crippen LogP) is 3.52. The number of fused-ring (bicyclic) bond motifs is 1. The minimum Gasteiger partial charge on any atom is -0.477 e. The molecule has 0 radical (unpaired) electrons. The Labute approximate surface area is 170 Å². The Hall–Kier alpha value is -3.49. The molecule has 0 spiro atoms. The molecule has 9 heteroatoms. The van der Waals surface area contributed by atoms with Gasteiger partial charge in [-0.1, -0.05) is 6.07 Å². The zero-order valence-corrected chi connectivity index (χ0v) is 16.1. The van der Waals surface area contributed by atoms with Crippen molar-refractivity contribution in [3.05, 3.63) is 76.0 Å². The number of nitrogens with zero attached hydrogens (tertiary/aromatic N) is 3. The van der Waals surface area contributed by atoms with Crippen LogP contribution in [-0.4, -0.2) is 29.8 Å². The summed E-state index contributed by atoms with van der Waals surface area (Å²) in [6, 6.07) is 8.99. The number of hydrogen-bond acceptors (Lipinski definition) is 5. The first kappa shape index (κ1) is 19.8. The van der Waals surface area contributed by atoms with Gasteiger partial charge >= 0.3 is 5.69 Å². The molecular formula is C21H18F3N3O3. The SMILES string of the molecule is CN1CCn2c1cc(OCCc1ccc(Oc3ccc(F)c(F)c3)c(F)c1)nc2=O. The summed E-state index contributed by atoms with van der Waals surface area (Å²) in [5, 5.41) is 0. The van der Waals surface area contributed by atoms with Crippen molar-refractivity contribution in [1.82, 2.24) is 9.55 Å². The highest BCUT2D eigenvalue weighted by Gasteiger charge is 2.18. The molecule has 4 rings (SSSR count). The molecule has 156 valence electrons. The summed E-state index contributed by atoms with van der Waals surface area (Å²) in [6.07, 6.45) is 0.373. The summed E-state index contributed by atoms with van der Waals surface area (Å²) < 4.78 is 53.0. The fourth-order valence-corrected chi connectivity index (χ4v) is 3.16. The van der Waals surface area contributed by atoms with Crippen LogP contribution in [0.5, 0.6) is 17.4 Å². The molecule has 0 unspecified atom stereocenters. The highest BCUT2D eigenvalue weighted by Crippen LogP contribution is 2.27. The number of benzene rings is 2. The van der Waals surface area contributed by atoms with Crippen LogP contribution in [0.2, 0.25) is 0 Å². The lowest BCUT2D eigenvalue weighted by Crippen LogP contribution is -2.22. The van der Waals surface area contributed by atoms with E-state index in [-0.39, 0.29) is 29.7 Å². The van der Waals surface area contributed by atoms with E-state index in [4.69, 9.17) is 9.47 Å². The van der Waals surface area contributed by atoms with E-state index in [0.29, 0.717) is 18.5 Å². The molecule has 1 aliphatic rings. The molecule has 0 aliphatic carbocycles. The van der Waals surface area contributed by atoms with Crippen LogP contribution in [-0.2, 0) is 13.0 Å². The normalized spacial score (nSPS) is 12.7. The van der Waals surface area contributed by atoms with E-state index in [1.165, 1.54) is 18.2 Å². The Morgan fingerprint density at radius 1 is 1.00 bits per heavy atom. The van der Waals surface area contributed by atoms with Crippen molar-refractivity contribution in [1.29, 1.82) is 0 Å². The number of anilines is 1. The topological polar surface area (TPSA) is 56.6 Å². The molecule has 0 bridgehead atoms. The van der Waals surface area contributed by atoms with Crippen molar-refractivity contribution in [2.75, 3.05) is 25.1 Å². The molecule has 0 atom stereocenters. The van der Waals surface area contributed by atoms with Gasteiger partial charge < -0.3 is 14.4 Å². The lowest BCUT2D eigenvalue weighted by atomic mass is 10.1. The minimum absolute atomic E-state index is 0.0113. The maximum Gasteiger partial charge on any atom is 0.352 e. The van der Waals surface area contributed by atoms with Gasteiger partial charge in [0.1, 0.15) is 11.6 Å². The van der Waals surface area contributed by atoms with Crippen molar-refractivity contribution >= 4 is 5.82 Å². The summed E-state index contributed by atoms with van der Waals surface area (Å²) >= 11 is 0. The molecule has 0 amide bonds.